The van der Waals surface area contributed by atoms with E-state index in [9.17, 15) is 32.8 Å². The van der Waals surface area contributed by atoms with Gasteiger partial charge < -0.3 is 66.5 Å². The minimum atomic E-state index is -0.555. The number of H-pyrrole nitrogens is 1. The highest BCUT2D eigenvalue weighted by molar-refractivity contribution is 6.29. The van der Waals surface area contributed by atoms with Crippen LogP contribution in [0.1, 0.15) is 109 Å². The smallest absolute Gasteiger partial charge is 0.313 e. The fourth-order valence-electron chi connectivity index (χ4n) is 11.7. The largest absolute Gasteiger partial charge is 0.466 e. The Balaban J connectivity index is 0.000000172. The van der Waals surface area contributed by atoms with Crippen molar-refractivity contribution in [3.05, 3.63) is 259 Å². The van der Waals surface area contributed by atoms with E-state index in [1.807, 2.05) is 29.2 Å². The number of esters is 1. The highest BCUT2D eigenvalue weighted by atomic mass is 35.5. The first kappa shape index (κ1) is 94.4. The molecule has 15 N–H and O–H groups in total. The zero-order valence-electron chi connectivity index (χ0n) is 69.2. The molecular formula is C85H97ClF2N28O10. The number of fused-ring (bicyclic) bond motifs is 3. The van der Waals surface area contributed by atoms with Crippen LogP contribution in [0.25, 0.3) is 51.7 Å². The number of aromatic nitrogens is 18. The van der Waals surface area contributed by atoms with E-state index in [0.717, 1.165) is 112 Å². The molecule has 1 aliphatic rings. The number of aldehydes is 1. The molecule has 0 unspecified atom stereocenters. The van der Waals surface area contributed by atoms with E-state index in [4.69, 9.17) is 63.7 Å². The predicted molar refractivity (Wildman–Crippen MR) is 473 cm³/mol. The molecular weight excluding hydrogens is 1650 g/mol. The lowest BCUT2D eigenvalue weighted by atomic mass is 10.2. The summed E-state index contributed by atoms with van der Waals surface area (Å²) in [6, 6.07) is 28.0. The van der Waals surface area contributed by atoms with E-state index in [2.05, 4.69) is 128 Å². The molecule has 0 aliphatic carbocycles. The van der Waals surface area contributed by atoms with Crippen molar-refractivity contribution in [2.45, 2.75) is 103 Å². The third-order valence-corrected chi connectivity index (χ3v) is 17.8. The number of hydrazine groups is 1. The Morgan fingerprint density at radius 3 is 1.44 bits per heavy atom. The number of nitrogens with one attached hydrogen (secondary N) is 3. The van der Waals surface area contributed by atoms with Crippen LogP contribution in [-0.4, -0.2) is 157 Å². The number of ketones is 1. The van der Waals surface area contributed by atoms with Gasteiger partial charge in [-0.2, -0.15) is 18.5 Å². The second kappa shape index (κ2) is 48.8. The number of aryl methyl sites for hydroxylation is 6. The van der Waals surface area contributed by atoms with Crippen LogP contribution in [0.4, 0.5) is 56.0 Å². The van der Waals surface area contributed by atoms with Crippen molar-refractivity contribution in [2.75, 3.05) is 84.1 Å². The van der Waals surface area contributed by atoms with Gasteiger partial charge >= 0.3 is 11.9 Å². The van der Waals surface area contributed by atoms with Crippen LogP contribution in [0.15, 0.2) is 214 Å². The van der Waals surface area contributed by atoms with Crippen LogP contribution in [0.5, 0.6) is 0 Å². The van der Waals surface area contributed by atoms with Crippen molar-refractivity contribution in [1.29, 1.82) is 0 Å². The number of benzene rings is 1. The summed E-state index contributed by atoms with van der Waals surface area (Å²) in [4.78, 5) is 107. The molecule has 0 bridgehead atoms. The lowest BCUT2D eigenvalue weighted by molar-refractivity contribution is -0.145. The number of nitrogens with zero attached hydrogens (tertiary/aromatic N) is 19. The standard InChI is InChI=1S/C22H23F2N7O.C13H15N5O2.C13H13N5O.C12H11N5O2.C9H14O3.C8H10ClN3.C8H11N3O/c23-15-5-6-18(17(24)13-15)30-10-8-29(9-11-30)7-1-3-16-14-20-27-21(19-4-2-12-32-19)28-31(20)22(25)26-16;1-2-3-5-9-8-11(16-13(14)15-9)17-18-12(19)10-6-4-7-20-10;1-2-3-5-9-8-11-16-12(10-6-4-7-19-10)17-18(11)13(14)15-9;13-12-14-8(3-1-5-18)7-10-15-11(16-17(10)12)9-4-2-6-19-9;1-3-5-6-8(10)7-9(11)12-4-2;1-2-3-4-6-5-7(9)12-8(10)11-6;1-2-3-4-6-5-7(12)11-8(9)10-6/h2,4-6,12-14H,1,3,7-11H2,(H2,25,26);2,4,6-8H,1,3,5H2,(H,18,19)(H3,14,15,16,17);2,4,6-8H,1,3,5H2,(H2,14,15);2,4-7H,1,3H2,(H2,13,14);3H,1,4-7H2,2H3;2,5H,1,3-4H2,(H2,10,11,12);2,5H,1,3-4H2,(H3,9,10,11,12). The number of rotatable bonds is 32. The highest BCUT2D eigenvalue weighted by Gasteiger charge is 2.22. The normalized spacial score (nSPS) is 11.4. The summed E-state index contributed by atoms with van der Waals surface area (Å²) in [5.74, 6) is 3.17. The number of carbonyl (C=O) groups is 4. The Kier molecular flexibility index (Phi) is 36.6. The van der Waals surface area contributed by atoms with Crippen molar-refractivity contribution >= 4 is 99.7 Å². The fourth-order valence-corrected chi connectivity index (χ4v) is 11.9. The monoisotopic (exact) mass is 1740 g/mol. The van der Waals surface area contributed by atoms with Gasteiger partial charge in [0, 0.05) is 104 Å². The summed E-state index contributed by atoms with van der Waals surface area (Å²) in [5, 5.41) is 13.3. The van der Waals surface area contributed by atoms with Crippen LogP contribution in [-0.2, 0) is 57.6 Å². The van der Waals surface area contributed by atoms with Crippen molar-refractivity contribution in [3.8, 4) is 34.8 Å². The maximum atomic E-state index is 14.0. The van der Waals surface area contributed by atoms with Crippen LogP contribution in [0.3, 0.4) is 0 Å². The number of allylic oxidation sites excluding steroid dienone is 5. The van der Waals surface area contributed by atoms with Crippen LogP contribution >= 0.6 is 11.6 Å². The number of nitrogens with two attached hydrogens (primary N) is 6. The number of hydrogen-bond acceptors (Lipinski definition) is 33. The molecule has 0 atom stereocenters. The van der Waals surface area contributed by atoms with E-state index >= 15 is 0 Å². The summed E-state index contributed by atoms with van der Waals surface area (Å²) < 4.78 is 57.1. The quantitative estimate of drug-likeness (QED) is 0.00472. The number of Topliss-reactive ketones (excluding diaryl/α,β-unsaturated/α-hetero) is 1. The topological polar surface area (TPSA) is 543 Å². The van der Waals surface area contributed by atoms with Gasteiger partial charge in [-0.1, -0.05) is 42.0 Å². The Hall–Kier alpha value is -15.5. The summed E-state index contributed by atoms with van der Waals surface area (Å²) in [6.45, 7) is 24.0. The number of amides is 1. The van der Waals surface area contributed by atoms with E-state index in [1.165, 1.54) is 38.0 Å². The molecule has 14 aromatic rings. The van der Waals surface area contributed by atoms with Crippen molar-refractivity contribution in [2.24, 2.45) is 0 Å². The number of ether oxygens (including phenoxy) is 1. The van der Waals surface area contributed by atoms with Crippen molar-refractivity contribution in [3.63, 3.8) is 0 Å². The lowest BCUT2D eigenvalue weighted by Crippen LogP contribution is -2.47. The Morgan fingerprint density at radius 2 is 0.992 bits per heavy atom. The number of anilines is 8. The zero-order chi connectivity index (χ0) is 90.3. The zero-order valence-corrected chi connectivity index (χ0v) is 69.9. The third-order valence-electron chi connectivity index (χ3n) is 17.6. The number of nitrogen functional groups attached to an aromatic ring is 6. The predicted octanol–water partition coefficient (Wildman–Crippen LogP) is 11.5. The van der Waals surface area contributed by atoms with Gasteiger partial charge in [0.05, 0.1) is 43.0 Å². The van der Waals surface area contributed by atoms with Gasteiger partial charge in [-0.3, -0.25) is 39.9 Å². The first-order chi connectivity index (χ1) is 60.9. The molecule has 0 saturated carbocycles. The van der Waals surface area contributed by atoms with Gasteiger partial charge in [0.15, 0.2) is 40.0 Å². The molecule has 14 heterocycles. The summed E-state index contributed by atoms with van der Waals surface area (Å²) >= 11 is 5.67. The SMILES string of the molecule is C=CCCC(=O)CC(=O)OCC.C=CCCc1cc(=O)[nH]c(N)n1.C=CCCc1cc(Cl)nc(N)n1.C=CCCc1cc(NNC(=O)c2ccco2)nc(N)n1.C=CCCc1cc2nc(-c3ccco3)nn2c(N)n1.Nc1nc(CCC=O)cc2nc(-c3ccco3)nn12.Nc1nc(CCCN2CCN(c3ccc(F)cc3F)CC2)cc2nc(-c3ccco3)nn12. The molecule has 41 heteroatoms. The minimum Gasteiger partial charge on any atom is -0.466 e. The molecule has 38 nitrogen and oxygen atoms in total. The molecule has 0 spiro atoms. The molecule has 0 radical (unpaired) electrons. The number of furan rings is 4. The van der Waals surface area contributed by atoms with Gasteiger partial charge in [0.1, 0.15) is 41.1 Å². The summed E-state index contributed by atoms with van der Waals surface area (Å²) in [5.41, 5.74) is 46.2. The first-order valence-electron chi connectivity index (χ1n) is 39.6. The Bertz CT molecular complexity index is 5810. The minimum absolute atomic E-state index is 0.0895. The van der Waals surface area contributed by atoms with E-state index < -0.39 is 23.5 Å². The van der Waals surface area contributed by atoms with Gasteiger partial charge in [-0.15, -0.1) is 48.2 Å². The molecule has 1 amide bonds. The number of piperazine rings is 1. The highest BCUT2D eigenvalue weighted by Crippen LogP contribution is 2.25. The fraction of sp³-hybridized carbons (Fsp3) is 0.259. The summed E-state index contributed by atoms with van der Waals surface area (Å²) in [7, 11) is 0. The maximum Gasteiger partial charge on any atom is 0.313 e. The maximum absolute atomic E-state index is 14.0. The van der Waals surface area contributed by atoms with Gasteiger partial charge in [-0.05, 0) is 157 Å². The average molecular weight is 1740 g/mol. The van der Waals surface area contributed by atoms with Crippen LogP contribution < -0.4 is 55.7 Å². The Morgan fingerprint density at radius 1 is 0.532 bits per heavy atom. The molecule has 126 heavy (non-hydrogen) atoms. The molecule has 13 aromatic heterocycles. The second-order valence-electron chi connectivity index (χ2n) is 27.1. The van der Waals surface area contributed by atoms with Crippen molar-refractivity contribution in [1.82, 2.24) is 99.0 Å². The van der Waals surface area contributed by atoms with Crippen LogP contribution in [0, 0.1) is 11.6 Å². The molecule has 1 aromatic carbocycles. The van der Waals surface area contributed by atoms with E-state index in [0.29, 0.717) is 138 Å². The molecule has 15 rings (SSSR count). The van der Waals surface area contributed by atoms with Gasteiger partial charge in [0.2, 0.25) is 53.2 Å². The number of aromatic amines is 1. The molecule has 1 fully saturated rings. The average Bonchev–Trinajstić information content (AvgIpc) is 1.66. The first-order valence-corrected chi connectivity index (χ1v) is 40.0. The molecule has 1 aliphatic heterocycles. The molecule has 658 valence electrons. The third kappa shape index (κ3) is 29.7. The summed E-state index contributed by atoms with van der Waals surface area (Å²) in [6.07, 6.45) is 25.7. The van der Waals surface area contributed by atoms with Gasteiger partial charge in [0.25, 0.3) is 5.56 Å². The number of hydrogen-bond donors (Lipinski definition) is 9. The van der Waals surface area contributed by atoms with Gasteiger partial charge in [-0.25, -0.2) is 58.6 Å². The van der Waals surface area contributed by atoms with Crippen molar-refractivity contribution < 1.29 is 50.4 Å². The Labute approximate surface area is 726 Å². The number of carbonyl (C=O) groups excluding carboxylic acids is 4. The second-order valence-corrected chi connectivity index (χ2v) is 27.5. The van der Waals surface area contributed by atoms with E-state index in [1.54, 1.807) is 111 Å². The molecule has 1 saturated heterocycles. The number of halogens is 3. The van der Waals surface area contributed by atoms with E-state index in [-0.39, 0.29) is 53.3 Å². The van der Waals surface area contributed by atoms with Crippen LogP contribution in [0.2, 0.25) is 5.15 Å². The lowest BCUT2D eigenvalue weighted by Gasteiger charge is -2.36.